The van der Waals surface area contributed by atoms with Crippen molar-refractivity contribution in [2.75, 3.05) is 7.11 Å². The van der Waals surface area contributed by atoms with Gasteiger partial charge in [0.1, 0.15) is 18.1 Å². The van der Waals surface area contributed by atoms with Gasteiger partial charge < -0.3 is 9.47 Å². The molecule has 0 aliphatic carbocycles. The van der Waals surface area contributed by atoms with Crippen LogP contribution in [0.5, 0.6) is 11.5 Å². The summed E-state index contributed by atoms with van der Waals surface area (Å²) in [5, 5.41) is 0. The fourth-order valence-corrected chi connectivity index (χ4v) is 1.99. The molecule has 0 amide bonds. The van der Waals surface area contributed by atoms with Gasteiger partial charge in [-0.05, 0) is 48.4 Å². The molecule has 0 unspecified atom stereocenters. The van der Waals surface area contributed by atoms with Crippen molar-refractivity contribution in [3.63, 3.8) is 0 Å². The first-order valence-corrected chi connectivity index (χ1v) is 6.50. The Kier molecular flexibility index (Phi) is 4.26. The van der Waals surface area contributed by atoms with Crippen molar-refractivity contribution in [1.82, 2.24) is 0 Å². The molecule has 0 saturated carbocycles. The summed E-state index contributed by atoms with van der Waals surface area (Å²) in [7, 11) is 1.65. The van der Waals surface area contributed by atoms with Crippen LogP contribution < -0.4 is 9.47 Å². The molecule has 0 N–H and O–H groups in total. The molecule has 0 aromatic heterocycles. The molecular formula is C15H15BrO2. The van der Waals surface area contributed by atoms with E-state index in [9.17, 15) is 0 Å². The maximum atomic E-state index is 5.71. The van der Waals surface area contributed by atoms with Crippen molar-refractivity contribution >= 4 is 15.9 Å². The van der Waals surface area contributed by atoms with Crippen molar-refractivity contribution in [2.45, 2.75) is 13.5 Å². The Labute approximate surface area is 116 Å². The third kappa shape index (κ3) is 3.26. The van der Waals surface area contributed by atoms with Crippen LogP contribution in [0.25, 0.3) is 0 Å². The Bertz CT molecular complexity index is 521. The van der Waals surface area contributed by atoms with E-state index < -0.39 is 0 Å². The highest BCUT2D eigenvalue weighted by Gasteiger charge is 1.99. The second-order valence-electron chi connectivity index (χ2n) is 4.05. The van der Waals surface area contributed by atoms with Crippen LogP contribution in [-0.4, -0.2) is 7.11 Å². The number of methoxy groups -OCH3 is 1. The van der Waals surface area contributed by atoms with Gasteiger partial charge in [0.05, 0.1) is 7.11 Å². The number of ether oxygens (including phenoxy) is 2. The van der Waals surface area contributed by atoms with Crippen LogP contribution in [0.3, 0.4) is 0 Å². The topological polar surface area (TPSA) is 18.5 Å². The van der Waals surface area contributed by atoms with Crippen molar-refractivity contribution in [3.8, 4) is 11.5 Å². The van der Waals surface area contributed by atoms with Gasteiger partial charge in [-0.2, -0.15) is 0 Å². The van der Waals surface area contributed by atoms with Gasteiger partial charge >= 0.3 is 0 Å². The van der Waals surface area contributed by atoms with Crippen LogP contribution in [0, 0.1) is 6.92 Å². The van der Waals surface area contributed by atoms with Gasteiger partial charge in [-0.3, -0.25) is 0 Å². The molecule has 0 saturated heterocycles. The molecule has 0 aliphatic rings. The van der Waals surface area contributed by atoms with Crippen molar-refractivity contribution in [3.05, 3.63) is 58.1 Å². The fourth-order valence-electron chi connectivity index (χ4n) is 1.56. The molecule has 18 heavy (non-hydrogen) atoms. The van der Waals surface area contributed by atoms with Crippen molar-refractivity contribution < 1.29 is 9.47 Å². The number of hydrogen-bond donors (Lipinski definition) is 0. The van der Waals surface area contributed by atoms with E-state index in [0.717, 1.165) is 21.5 Å². The second-order valence-corrected chi connectivity index (χ2v) is 4.90. The Balaban J connectivity index is 1.99. The predicted octanol–water partition coefficient (Wildman–Crippen LogP) is 4.35. The smallest absolute Gasteiger partial charge is 0.120 e. The molecule has 0 bridgehead atoms. The molecule has 0 atom stereocenters. The molecule has 3 heteroatoms. The first kappa shape index (κ1) is 13.0. The minimum atomic E-state index is 0.561. The van der Waals surface area contributed by atoms with Crippen LogP contribution in [0.4, 0.5) is 0 Å². The highest BCUT2D eigenvalue weighted by Crippen LogP contribution is 2.20. The molecule has 2 aromatic carbocycles. The van der Waals surface area contributed by atoms with Crippen molar-refractivity contribution in [1.29, 1.82) is 0 Å². The van der Waals surface area contributed by atoms with E-state index in [1.54, 1.807) is 7.11 Å². The van der Waals surface area contributed by atoms with Gasteiger partial charge in [0, 0.05) is 4.47 Å². The maximum absolute atomic E-state index is 5.71. The Morgan fingerprint density at radius 1 is 1.00 bits per heavy atom. The predicted molar refractivity (Wildman–Crippen MR) is 76.2 cm³/mol. The lowest BCUT2D eigenvalue weighted by Crippen LogP contribution is -1.95. The number of rotatable bonds is 4. The van der Waals surface area contributed by atoms with Gasteiger partial charge in [0.2, 0.25) is 0 Å². The second kappa shape index (κ2) is 5.91. The number of aryl methyl sites for hydroxylation is 1. The average molecular weight is 307 g/mol. The first-order valence-electron chi connectivity index (χ1n) is 5.71. The number of benzene rings is 2. The lowest BCUT2D eigenvalue weighted by Gasteiger charge is -2.08. The standard InChI is InChI=1S/C15H15BrO2/c1-11-3-4-12(9-15(11)16)10-18-14-7-5-13(17-2)6-8-14/h3-9H,10H2,1-2H3. The van der Waals surface area contributed by atoms with E-state index in [1.807, 2.05) is 24.3 Å². The van der Waals surface area contributed by atoms with E-state index in [2.05, 4.69) is 41.1 Å². The van der Waals surface area contributed by atoms with E-state index in [0.29, 0.717) is 6.61 Å². The summed E-state index contributed by atoms with van der Waals surface area (Å²) in [6.07, 6.45) is 0. The molecule has 2 nitrogen and oxygen atoms in total. The normalized spacial score (nSPS) is 10.2. The zero-order chi connectivity index (χ0) is 13.0. The first-order chi connectivity index (χ1) is 8.69. The lowest BCUT2D eigenvalue weighted by atomic mass is 10.2. The van der Waals surface area contributed by atoms with Crippen LogP contribution in [0.15, 0.2) is 46.9 Å². The van der Waals surface area contributed by atoms with E-state index in [4.69, 9.17) is 9.47 Å². The van der Waals surface area contributed by atoms with Crippen LogP contribution in [0.2, 0.25) is 0 Å². The minimum absolute atomic E-state index is 0.561. The SMILES string of the molecule is COc1ccc(OCc2ccc(C)c(Br)c2)cc1. The summed E-state index contributed by atoms with van der Waals surface area (Å²) < 4.78 is 11.9. The number of hydrogen-bond acceptors (Lipinski definition) is 2. The summed E-state index contributed by atoms with van der Waals surface area (Å²) in [4.78, 5) is 0. The maximum Gasteiger partial charge on any atom is 0.120 e. The van der Waals surface area contributed by atoms with Crippen molar-refractivity contribution in [2.24, 2.45) is 0 Å². The minimum Gasteiger partial charge on any atom is -0.497 e. The molecule has 2 aromatic rings. The zero-order valence-electron chi connectivity index (χ0n) is 10.4. The summed E-state index contributed by atoms with van der Waals surface area (Å²) in [5.41, 5.74) is 2.37. The molecule has 94 valence electrons. The van der Waals surface area contributed by atoms with Gasteiger partial charge in [-0.15, -0.1) is 0 Å². The van der Waals surface area contributed by atoms with Gasteiger partial charge in [0.15, 0.2) is 0 Å². The third-order valence-electron chi connectivity index (χ3n) is 2.70. The molecule has 0 heterocycles. The van der Waals surface area contributed by atoms with Gasteiger partial charge in [-0.25, -0.2) is 0 Å². The lowest BCUT2D eigenvalue weighted by molar-refractivity contribution is 0.305. The fraction of sp³-hybridized carbons (Fsp3) is 0.200. The molecular weight excluding hydrogens is 292 g/mol. The van der Waals surface area contributed by atoms with E-state index in [-0.39, 0.29) is 0 Å². The highest BCUT2D eigenvalue weighted by atomic mass is 79.9. The molecule has 0 radical (unpaired) electrons. The van der Waals surface area contributed by atoms with E-state index >= 15 is 0 Å². The highest BCUT2D eigenvalue weighted by molar-refractivity contribution is 9.10. The Hall–Kier alpha value is -1.48. The van der Waals surface area contributed by atoms with Gasteiger partial charge in [-0.1, -0.05) is 28.1 Å². The molecule has 0 spiro atoms. The quantitative estimate of drug-likeness (QED) is 0.836. The molecule has 0 aliphatic heterocycles. The Morgan fingerprint density at radius 2 is 1.67 bits per heavy atom. The van der Waals surface area contributed by atoms with Crippen LogP contribution in [0.1, 0.15) is 11.1 Å². The van der Waals surface area contributed by atoms with Crippen LogP contribution in [-0.2, 0) is 6.61 Å². The van der Waals surface area contributed by atoms with E-state index in [1.165, 1.54) is 5.56 Å². The summed E-state index contributed by atoms with van der Waals surface area (Å²) >= 11 is 3.52. The molecule has 0 fully saturated rings. The summed E-state index contributed by atoms with van der Waals surface area (Å²) in [6.45, 7) is 2.63. The molecule has 2 rings (SSSR count). The van der Waals surface area contributed by atoms with Gasteiger partial charge in [0.25, 0.3) is 0 Å². The Morgan fingerprint density at radius 3 is 2.28 bits per heavy atom. The third-order valence-corrected chi connectivity index (χ3v) is 3.56. The summed E-state index contributed by atoms with van der Waals surface area (Å²) in [5.74, 6) is 1.67. The van der Waals surface area contributed by atoms with Crippen LogP contribution >= 0.6 is 15.9 Å². The average Bonchev–Trinajstić information content (AvgIpc) is 2.41. The summed E-state index contributed by atoms with van der Waals surface area (Å²) in [6, 6.07) is 13.8. The number of halogens is 1. The monoisotopic (exact) mass is 306 g/mol. The zero-order valence-corrected chi connectivity index (χ0v) is 12.0. The largest absolute Gasteiger partial charge is 0.497 e.